The average Bonchev–Trinajstić information content (AvgIpc) is 3.49. The molecule has 4 aliphatic rings. The van der Waals surface area contributed by atoms with Crippen LogP contribution in [0.5, 0.6) is 5.75 Å². The summed E-state index contributed by atoms with van der Waals surface area (Å²) in [7, 11) is 0. The van der Waals surface area contributed by atoms with Crippen LogP contribution in [0.15, 0.2) is 53.3 Å². The van der Waals surface area contributed by atoms with Gasteiger partial charge in [0, 0.05) is 30.1 Å². The summed E-state index contributed by atoms with van der Waals surface area (Å²) in [6.45, 7) is -0.195. The maximum atomic E-state index is 13.7. The number of nitrogens with two attached hydrogens (primary N) is 1. The summed E-state index contributed by atoms with van der Waals surface area (Å²) in [4.78, 5) is 63.2. The zero-order valence-corrected chi connectivity index (χ0v) is 24.4. The molecule has 4 atom stereocenters. The highest BCUT2D eigenvalue weighted by atomic mass is 19.4. The first-order valence-corrected chi connectivity index (χ1v) is 14.7. The van der Waals surface area contributed by atoms with Crippen LogP contribution in [0.3, 0.4) is 0 Å². The Hall–Kier alpha value is -5.18. The van der Waals surface area contributed by atoms with Gasteiger partial charge in [-0.15, -0.1) is 0 Å². The van der Waals surface area contributed by atoms with E-state index in [1.54, 1.807) is 18.2 Å². The second kappa shape index (κ2) is 11.0. The first kappa shape index (κ1) is 31.8. The predicted molar refractivity (Wildman–Crippen MR) is 156 cm³/mol. The quantitative estimate of drug-likeness (QED) is 0.267. The number of aromatic hydroxyl groups is 1. The third kappa shape index (κ3) is 4.92. The zero-order valence-electron chi connectivity index (χ0n) is 24.4. The van der Waals surface area contributed by atoms with E-state index in [4.69, 9.17) is 5.73 Å². The molecule has 2 aromatic carbocycles. The molecule has 12 nitrogen and oxygen atoms in total. The topological polar surface area (TPSA) is 208 Å². The van der Waals surface area contributed by atoms with Crippen molar-refractivity contribution in [2.75, 3.05) is 11.9 Å². The molecule has 1 saturated heterocycles. The summed E-state index contributed by atoms with van der Waals surface area (Å²) in [5.41, 5.74) is 3.01. The number of nitrogens with one attached hydrogen (secondary N) is 1. The van der Waals surface area contributed by atoms with E-state index in [2.05, 4.69) is 5.32 Å². The predicted octanol–water partition coefficient (Wildman–Crippen LogP) is 2.58. The van der Waals surface area contributed by atoms with Crippen LogP contribution in [0.25, 0.3) is 16.9 Å². The number of phenolic OH excluding ortho intramolecular Hbond substituents is 1. The number of aliphatic hydroxyl groups is 3. The lowest BCUT2D eigenvalue weighted by Crippen LogP contribution is -2.58. The largest absolute Gasteiger partial charge is 0.508 e. The minimum atomic E-state index is -5.11. The number of likely N-dealkylation sites (tertiary alicyclic amines) is 1. The molecule has 3 aliphatic carbocycles. The van der Waals surface area contributed by atoms with Gasteiger partial charge >= 0.3 is 12.1 Å². The van der Waals surface area contributed by atoms with E-state index < -0.39 is 82.5 Å². The van der Waals surface area contributed by atoms with Crippen LogP contribution in [0, 0.1) is 11.8 Å². The number of halogens is 3. The summed E-state index contributed by atoms with van der Waals surface area (Å²) in [5, 5.41) is 46.7. The number of benzene rings is 2. The Bertz CT molecular complexity index is 1830. The highest BCUT2D eigenvalue weighted by molar-refractivity contribution is 6.22. The molecule has 0 bridgehead atoms. The summed E-state index contributed by atoms with van der Waals surface area (Å²) in [5.74, 6) is -10.2. The van der Waals surface area contributed by atoms with Crippen LogP contribution in [0.4, 0.5) is 18.9 Å². The van der Waals surface area contributed by atoms with E-state index in [0.717, 1.165) is 0 Å². The molecule has 47 heavy (non-hydrogen) atoms. The fourth-order valence-corrected chi connectivity index (χ4v) is 7.30. The summed E-state index contributed by atoms with van der Waals surface area (Å²) in [6, 6.07) is 7.72. The van der Waals surface area contributed by atoms with Crippen LogP contribution < -0.4 is 11.1 Å². The van der Waals surface area contributed by atoms with Gasteiger partial charge in [0.25, 0.3) is 5.91 Å². The monoisotopic (exact) mass is 655 g/mol. The van der Waals surface area contributed by atoms with Gasteiger partial charge in [0.1, 0.15) is 28.9 Å². The maximum Gasteiger partial charge on any atom is 0.471 e. The van der Waals surface area contributed by atoms with Crippen molar-refractivity contribution in [3.8, 4) is 16.9 Å². The number of primary amides is 1. The number of Topliss-reactive ketones (excluding diaryl/α,β-unsaturated/α-hetero) is 2. The molecule has 7 N–H and O–H groups in total. The smallest absolute Gasteiger partial charge is 0.471 e. The number of fused-ring (bicyclic) bond motifs is 3. The number of amides is 3. The number of hydrogen-bond donors (Lipinski definition) is 6. The maximum absolute atomic E-state index is 13.7. The van der Waals surface area contributed by atoms with Gasteiger partial charge in [0.15, 0.2) is 11.4 Å². The lowest BCUT2D eigenvalue weighted by atomic mass is 9.59. The van der Waals surface area contributed by atoms with Gasteiger partial charge in [-0.1, -0.05) is 18.2 Å². The van der Waals surface area contributed by atoms with Gasteiger partial charge in [-0.05, 0) is 66.5 Å². The van der Waals surface area contributed by atoms with Crippen molar-refractivity contribution in [3.05, 3.63) is 64.4 Å². The second-order valence-electron chi connectivity index (χ2n) is 12.1. The highest BCUT2D eigenvalue weighted by Crippen LogP contribution is 2.53. The Labute approximate surface area is 264 Å². The third-order valence-corrected chi connectivity index (χ3v) is 9.47. The van der Waals surface area contributed by atoms with Crippen LogP contribution in [-0.4, -0.2) is 79.0 Å². The van der Waals surface area contributed by atoms with Crippen LogP contribution >= 0.6 is 0 Å². The Kier molecular flexibility index (Phi) is 7.42. The Balaban J connectivity index is 1.30. The van der Waals surface area contributed by atoms with Gasteiger partial charge in [-0.2, -0.15) is 13.2 Å². The molecule has 6 rings (SSSR count). The van der Waals surface area contributed by atoms with Crippen LogP contribution in [-0.2, 0) is 30.4 Å². The van der Waals surface area contributed by atoms with Gasteiger partial charge in [-0.3, -0.25) is 24.0 Å². The number of phenols is 1. The normalized spacial score (nSPS) is 25.7. The van der Waals surface area contributed by atoms with Gasteiger partial charge in [0.05, 0.1) is 5.56 Å². The Morgan fingerprint density at radius 1 is 1.00 bits per heavy atom. The number of aliphatic hydroxyl groups excluding tert-OH is 2. The fourth-order valence-electron chi connectivity index (χ4n) is 7.30. The first-order chi connectivity index (χ1) is 22.0. The van der Waals surface area contributed by atoms with Crippen molar-refractivity contribution in [1.82, 2.24) is 4.90 Å². The van der Waals surface area contributed by atoms with Gasteiger partial charge in [-0.25, -0.2) is 0 Å². The molecule has 1 saturated carbocycles. The number of rotatable bonds is 4. The van der Waals surface area contributed by atoms with Crippen molar-refractivity contribution in [2.24, 2.45) is 17.6 Å². The van der Waals surface area contributed by atoms with Crippen molar-refractivity contribution in [3.63, 3.8) is 0 Å². The number of anilines is 1. The number of hydrogen-bond acceptors (Lipinski definition) is 9. The van der Waals surface area contributed by atoms with E-state index in [1.165, 1.54) is 18.2 Å². The average molecular weight is 656 g/mol. The Morgan fingerprint density at radius 3 is 2.32 bits per heavy atom. The van der Waals surface area contributed by atoms with Gasteiger partial charge in [0.2, 0.25) is 11.7 Å². The molecular weight excluding hydrogens is 627 g/mol. The lowest BCUT2D eigenvalue weighted by Gasteiger charge is -2.46. The molecule has 0 spiro atoms. The molecule has 15 heteroatoms. The molecule has 1 heterocycles. The molecule has 2 aromatic rings. The number of carbonyl (C=O) groups excluding carboxylic acids is 5. The summed E-state index contributed by atoms with van der Waals surface area (Å²) < 4.78 is 39.0. The van der Waals surface area contributed by atoms with Crippen LogP contribution in [0.2, 0.25) is 0 Å². The van der Waals surface area contributed by atoms with Gasteiger partial charge < -0.3 is 36.4 Å². The lowest BCUT2D eigenvalue weighted by molar-refractivity contribution is -0.186. The van der Waals surface area contributed by atoms with Crippen molar-refractivity contribution >= 4 is 40.7 Å². The minimum absolute atomic E-state index is 0.0436. The second-order valence-corrected chi connectivity index (χ2v) is 12.1. The number of alkyl halides is 3. The molecule has 1 unspecified atom stereocenters. The van der Waals surface area contributed by atoms with E-state index in [9.17, 15) is 57.6 Å². The molecule has 1 aliphatic heterocycles. The van der Waals surface area contributed by atoms with E-state index in [-0.39, 0.29) is 54.8 Å². The van der Waals surface area contributed by atoms with Crippen molar-refractivity contribution in [1.29, 1.82) is 0 Å². The molecule has 0 aromatic heterocycles. The molecule has 2 fully saturated rings. The fraction of sp³-hybridized carbons (Fsp3) is 0.344. The summed E-state index contributed by atoms with van der Waals surface area (Å²) >= 11 is 0. The highest BCUT2D eigenvalue weighted by Gasteiger charge is 2.60. The van der Waals surface area contributed by atoms with Crippen molar-refractivity contribution < 1.29 is 57.6 Å². The minimum Gasteiger partial charge on any atom is -0.508 e. The molecular formula is C32H28F3N3O9. The molecule has 246 valence electrons. The van der Waals surface area contributed by atoms with Crippen LogP contribution in [0.1, 0.15) is 36.8 Å². The number of ketones is 2. The number of nitrogens with zero attached hydrogens (tertiary/aromatic N) is 1. The van der Waals surface area contributed by atoms with E-state index in [1.807, 2.05) is 0 Å². The SMILES string of the molecule is NC(=O)C1=C(O)[C@@]2(O)C(=O)C3=C(O)c4c(O)ccc(-c5ccc(NC(=O)C6CCCN6C(=O)C(F)(F)F)cc5)c4C[C@H]3C[C@H]2CC1=O. The molecule has 0 radical (unpaired) electrons. The summed E-state index contributed by atoms with van der Waals surface area (Å²) in [6.07, 6.45) is -5.22. The standard InChI is InChI=1S/C32H28F3N3O9/c33-32(34,35)30(46)38-9-1-2-19(38)29(45)37-16-5-3-13(4-6-16)17-7-8-20(39)23-18(17)11-14-10-15-12-21(40)24(28(36)44)27(43)31(15,47)26(42)22(14)25(23)41/h3-8,14-15,19,39,41,43,47H,1-2,9-12H2,(H2,36,44)(H,37,45)/t14-,15+,19?,31+/m1/s1. The molecule has 3 amide bonds. The Morgan fingerprint density at radius 2 is 1.68 bits per heavy atom. The first-order valence-electron chi connectivity index (χ1n) is 14.7. The number of carbonyl (C=O) groups is 5. The zero-order chi connectivity index (χ0) is 34.2. The third-order valence-electron chi connectivity index (χ3n) is 9.47. The van der Waals surface area contributed by atoms with E-state index >= 15 is 0 Å². The van der Waals surface area contributed by atoms with E-state index in [0.29, 0.717) is 21.6 Å². The van der Waals surface area contributed by atoms with Crippen molar-refractivity contribution in [2.45, 2.75) is 49.9 Å².